The van der Waals surface area contributed by atoms with Gasteiger partial charge in [0.2, 0.25) is 5.91 Å². The number of benzene rings is 1. The van der Waals surface area contributed by atoms with Crippen molar-refractivity contribution < 1.29 is 4.79 Å². The van der Waals surface area contributed by atoms with Gasteiger partial charge in [0.15, 0.2) is 0 Å². The third kappa shape index (κ3) is 2.98. The lowest BCUT2D eigenvalue weighted by Crippen LogP contribution is -2.50. The number of likely N-dealkylation sites (tertiary alicyclic amines) is 1. The highest BCUT2D eigenvalue weighted by Crippen LogP contribution is 2.38. The molecule has 1 saturated heterocycles. The van der Waals surface area contributed by atoms with Crippen LogP contribution in [0.5, 0.6) is 0 Å². The van der Waals surface area contributed by atoms with E-state index in [1.807, 2.05) is 0 Å². The van der Waals surface area contributed by atoms with Crippen LogP contribution in [0.4, 0.5) is 0 Å². The Labute approximate surface area is 127 Å². The Morgan fingerprint density at radius 3 is 2.71 bits per heavy atom. The molecule has 0 aliphatic carbocycles. The number of fused-ring (bicyclic) bond motifs is 1. The van der Waals surface area contributed by atoms with Crippen molar-refractivity contribution in [2.24, 2.45) is 5.41 Å². The number of piperidine rings is 1. The smallest absolute Gasteiger partial charge is 0.219 e. The average molecular weight is 286 g/mol. The van der Waals surface area contributed by atoms with Gasteiger partial charge in [0.25, 0.3) is 0 Å². The molecule has 2 aliphatic rings. The van der Waals surface area contributed by atoms with E-state index in [2.05, 4.69) is 41.0 Å². The Balaban J connectivity index is 1.95. The van der Waals surface area contributed by atoms with Crippen LogP contribution in [0.25, 0.3) is 0 Å². The van der Waals surface area contributed by atoms with E-state index >= 15 is 0 Å². The van der Waals surface area contributed by atoms with Gasteiger partial charge >= 0.3 is 0 Å². The van der Waals surface area contributed by atoms with E-state index in [0.29, 0.717) is 0 Å². The summed E-state index contributed by atoms with van der Waals surface area (Å²) >= 11 is 0. The number of carbonyl (C=O) groups excluding carboxylic acids is 1. The summed E-state index contributed by atoms with van der Waals surface area (Å²) in [5.41, 5.74) is 3.02. The minimum atomic E-state index is 0.208. The lowest BCUT2D eigenvalue weighted by molar-refractivity contribution is -0.131. The fourth-order valence-electron chi connectivity index (χ4n) is 4.09. The van der Waals surface area contributed by atoms with Crippen molar-refractivity contribution in [2.75, 3.05) is 26.2 Å². The highest BCUT2D eigenvalue weighted by Gasteiger charge is 2.39. The van der Waals surface area contributed by atoms with Crippen LogP contribution in [0.15, 0.2) is 24.3 Å². The van der Waals surface area contributed by atoms with Crippen molar-refractivity contribution >= 4 is 5.91 Å². The van der Waals surface area contributed by atoms with E-state index < -0.39 is 0 Å². The van der Waals surface area contributed by atoms with Gasteiger partial charge in [-0.05, 0) is 43.5 Å². The van der Waals surface area contributed by atoms with Crippen molar-refractivity contribution in [3.8, 4) is 0 Å². The molecule has 1 atom stereocenters. The molecule has 1 aromatic carbocycles. The lowest BCUT2D eigenvalue weighted by Gasteiger charge is -2.44. The van der Waals surface area contributed by atoms with E-state index in [1.54, 1.807) is 6.92 Å². The van der Waals surface area contributed by atoms with Crippen LogP contribution < -0.4 is 0 Å². The zero-order chi connectivity index (χ0) is 14.9. The molecule has 1 spiro atoms. The van der Waals surface area contributed by atoms with E-state index in [9.17, 15) is 4.79 Å². The first-order valence-electron chi connectivity index (χ1n) is 8.16. The second-order valence-electron chi connectivity index (χ2n) is 6.79. The molecule has 3 heteroatoms. The topological polar surface area (TPSA) is 23.6 Å². The zero-order valence-corrected chi connectivity index (χ0v) is 13.3. The van der Waals surface area contributed by atoms with Gasteiger partial charge in [0.1, 0.15) is 0 Å². The molecule has 2 heterocycles. The Bertz CT molecular complexity index is 528. The van der Waals surface area contributed by atoms with Crippen molar-refractivity contribution in [1.29, 1.82) is 0 Å². The number of amides is 1. The summed E-state index contributed by atoms with van der Waals surface area (Å²) in [4.78, 5) is 16.7. The minimum absolute atomic E-state index is 0.208. The predicted molar refractivity (Wildman–Crippen MR) is 85.0 cm³/mol. The second-order valence-corrected chi connectivity index (χ2v) is 6.79. The predicted octanol–water partition coefficient (Wildman–Crippen LogP) is 2.69. The van der Waals surface area contributed by atoms with Crippen molar-refractivity contribution in [3.05, 3.63) is 35.4 Å². The molecule has 114 valence electrons. The summed E-state index contributed by atoms with van der Waals surface area (Å²) in [5, 5.41) is 0. The van der Waals surface area contributed by atoms with Gasteiger partial charge in [-0.2, -0.15) is 0 Å². The van der Waals surface area contributed by atoms with Crippen molar-refractivity contribution in [2.45, 2.75) is 39.7 Å². The Morgan fingerprint density at radius 2 is 2.00 bits per heavy atom. The third-order valence-electron chi connectivity index (χ3n) is 5.20. The van der Waals surface area contributed by atoms with Gasteiger partial charge in [-0.3, -0.25) is 4.79 Å². The molecular weight excluding hydrogens is 260 g/mol. The van der Waals surface area contributed by atoms with E-state index in [4.69, 9.17) is 0 Å². The van der Waals surface area contributed by atoms with Crippen LogP contribution in [-0.2, 0) is 17.8 Å². The van der Waals surface area contributed by atoms with Crippen LogP contribution in [0.2, 0.25) is 0 Å². The number of hydrogen-bond donors (Lipinski definition) is 0. The largest absolute Gasteiger partial charge is 0.338 e. The summed E-state index contributed by atoms with van der Waals surface area (Å²) in [6.07, 6.45) is 3.60. The van der Waals surface area contributed by atoms with Crippen LogP contribution in [0, 0.1) is 5.41 Å². The highest BCUT2D eigenvalue weighted by atomic mass is 16.2. The Morgan fingerprint density at radius 1 is 1.24 bits per heavy atom. The Kier molecular flexibility index (Phi) is 4.03. The highest BCUT2D eigenvalue weighted by molar-refractivity contribution is 5.73. The van der Waals surface area contributed by atoms with Gasteiger partial charge in [0.05, 0.1) is 0 Å². The SMILES string of the molecule is CCN1CCCC2(Cc3ccccc3CN(C(C)=O)C2)C1. The number of hydrogen-bond acceptors (Lipinski definition) is 2. The number of carbonyl (C=O) groups is 1. The van der Waals surface area contributed by atoms with Gasteiger partial charge in [-0.1, -0.05) is 31.2 Å². The first kappa shape index (κ1) is 14.6. The average Bonchev–Trinajstić information content (AvgIpc) is 2.63. The molecule has 0 N–H and O–H groups in total. The van der Waals surface area contributed by atoms with Gasteiger partial charge < -0.3 is 9.80 Å². The molecule has 1 fully saturated rings. The normalized spacial score (nSPS) is 26.5. The summed E-state index contributed by atoms with van der Waals surface area (Å²) < 4.78 is 0. The summed E-state index contributed by atoms with van der Waals surface area (Å²) in [6, 6.07) is 8.67. The second kappa shape index (κ2) is 5.80. The quantitative estimate of drug-likeness (QED) is 0.792. The summed E-state index contributed by atoms with van der Waals surface area (Å²) in [5.74, 6) is 0.208. The van der Waals surface area contributed by atoms with Gasteiger partial charge in [-0.15, -0.1) is 0 Å². The summed E-state index contributed by atoms with van der Waals surface area (Å²) in [6.45, 7) is 9.09. The molecule has 3 rings (SSSR count). The molecular formula is C18H26N2O. The molecule has 1 aromatic rings. The van der Waals surface area contributed by atoms with E-state index in [1.165, 1.54) is 30.5 Å². The maximum atomic E-state index is 12.1. The molecule has 0 aromatic heterocycles. The van der Waals surface area contributed by atoms with Crippen LogP contribution in [-0.4, -0.2) is 41.9 Å². The number of nitrogens with zero attached hydrogens (tertiary/aromatic N) is 2. The molecule has 0 radical (unpaired) electrons. The first-order chi connectivity index (χ1) is 10.1. The van der Waals surface area contributed by atoms with Crippen LogP contribution in [0.1, 0.15) is 37.8 Å². The summed E-state index contributed by atoms with van der Waals surface area (Å²) in [7, 11) is 0. The maximum absolute atomic E-state index is 12.1. The standard InChI is InChI=1S/C18H26N2O/c1-3-19-10-6-9-18(13-19)11-16-7-4-5-8-17(16)12-20(14-18)15(2)21/h4-5,7-8H,3,6,9-14H2,1-2H3. The van der Waals surface area contributed by atoms with Crippen LogP contribution in [0.3, 0.4) is 0 Å². The monoisotopic (exact) mass is 286 g/mol. The van der Waals surface area contributed by atoms with Gasteiger partial charge in [-0.25, -0.2) is 0 Å². The molecule has 2 aliphatic heterocycles. The fraction of sp³-hybridized carbons (Fsp3) is 0.611. The lowest BCUT2D eigenvalue weighted by atomic mass is 9.75. The molecule has 3 nitrogen and oxygen atoms in total. The third-order valence-corrected chi connectivity index (χ3v) is 5.20. The maximum Gasteiger partial charge on any atom is 0.219 e. The van der Waals surface area contributed by atoms with E-state index in [0.717, 1.165) is 32.6 Å². The zero-order valence-electron chi connectivity index (χ0n) is 13.3. The molecule has 1 unspecified atom stereocenters. The number of rotatable bonds is 1. The van der Waals surface area contributed by atoms with Crippen molar-refractivity contribution in [1.82, 2.24) is 9.80 Å². The molecule has 1 amide bonds. The van der Waals surface area contributed by atoms with Crippen molar-refractivity contribution in [3.63, 3.8) is 0 Å². The molecule has 0 saturated carbocycles. The fourth-order valence-corrected chi connectivity index (χ4v) is 4.09. The first-order valence-corrected chi connectivity index (χ1v) is 8.16. The van der Waals surface area contributed by atoms with Gasteiger partial charge in [0, 0.05) is 32.0 Å². The minimum Gasteiger partial charge on any atom is -0.338 e. The van der Waals surface area contributed by atoms with E-state index in [-0.39, 0.29) is 11.3 Å². The molecule has 21 heavy (non-hydrogen) atoms. The van der Waals surface area contributed by atoms with Crippen LogP contribution >= 0.6 is 0 Å². The Hall–Kier alpha value is -1.35. The molecule has 0 bridgehead atoms.